The van der Waals surface area contributed by atoms with Crippen molar-refractivity contribution in [3.8, 4) is 0 Å². The molecule has 3 heterocycles. The van der Waals surface area contributed by atoms with Crippen LogP contribution in [0.25, 0.3) is 11.8 Å². The van der Waals surface area contributed by atoms with Crippen LogP contribution in [0.2, 0.25) is 0 Å². The maximum absolute atomic E-state index is 14.3. The van der Waals surface area contributed by atoms with Gasteiger partial charge in [0.25, 0.3) is 11.2 Å². The van der Waals surface area contributed by atoms with Crippen molar-refractivity contribution >= 4 is 46.5 Å². The molecule has 1 aliphatic heterocycles. The van der Waals surface area contributed by atoms with Gasteiger partial charge in [0, 0.05) is 23.0 Å². The lowest BCUT2D eigenvalue weighted by Gasteiger charge is -2.26. The summed E-state index contributed by atoms with van der Waals surface area (Å²) >= 11 is 2.27. The zero-order valence-corrected chi connectivity index (χ0v) is 29.2. The molecule has 0 amide bonds. The molecule has 0 fully saturated rings. The SMILES string of the molecule is CCOC(=O)C1=C(c2ccccc2)N=c2s/c(=C/c3ccc(Sc4nc(C)cc(C)n4)c([N+](=O)[O-])c3)c(=O)n2[C@H]1c1ccc(C(C)C)cc1. The number of esters is 1. The lowest BCUT2D eigenvalue weighted by atomic mass is 9.91. The second kappa shape index (κ2) is 14.1. The number of rotatable bonds is 9. The number of fused-ring (bicyclic) bond motifs is 1. The molecular formula is C37H33N5O5S2. The number of hydrogen-bond acceptors (Lipinski definition) is 10. The Morgan fingerprint density at radius 3 is 2.37 bits per heavy atom. The molecule has 0 radical (unpaired) electrons. The lowest BCUT2D eigenvalue weighted by molar-refractivity contribution is -0.387. The van der Waals surface area contributed by atoms with Crippen LogP contribution in [0.1, 0.15) is 66.4 Å². The molecule has 0 aliphatic carbocycles. The third-order valence-corrected chi connectivity index (χ3v) is 9.85. The summed E-state index contributed by atoms with van der Waals surface area (Å²) in [5.74, 6) is -0.271. The highest BCUT2D eigenvalue weighted by Gasteiger charge is 2.35. The van der Waals surface area contributed by atoms with Gasteiger partial charge in [0.05, 0.1) is 38.3 Å². The second-order valence-corrected chi connectivity index (χ2v) is 13.8. The van der Waals surface area contributed by atoms with Crippen molar-refractivity contribution < 1.29 is 14.5 Å². The summed E-state index contributed by atoms with van der Waals surface area (Å²) in [7, 11) is 0. The molecular weight excluding hydrogens is 659 g/mol. The third-order valence-electron chi connectivity index (χ3n) is 7.93. The van der Waals surface area contributed by atoms with Gasteiger partial charge >= 0.3 is 5.97 Å². The van der Waals surface area contributed by atoms with Gasteiger partial charge in [-0.1, -0.05) is 85.8 Å². The number of carbonyl (C=O) groups is 1. The Morgan fingerprint density at radius 2 is 1.73 bits per heavy atom. The number of ether oxygens (including phenoxy) is 1. The normalized spacial score (nSPS) is 14.5. The number of nitro benzene ring substituents is 1. The maximum atomic E-state index is 14.3. The molecule has 0 saturated carbocycles. The molecule has 5 aromatic rings. The standard InChI is InChI=1S/C37H33N5O5S2/c1-6-47-35(44)31-32(26-10-8-7-9-11-26)40-37-41(33(31)27-15-13-25(14-16-27)21(2)3)34(43)30(49-37)20-24-12-17-29(28(19-24)42(45)46)48-36-38-22(4)18-23(5)39-36/h7-21,33H,6H2,1-5H3/b30-20+/t33-/m0/s1. The van der Waals surface area contributed by atoms with Gasteiger partial charge < -0.3 is 4.74 Å². The summed E-state index contributed by atoms with van der Waals surface area (Å²) < 4.78 is 7.39. The van der Waals surface area contributed by atoms with Gasteiger partial charge in [-0.2, -0.15) is 0 Å². The number of nitrogens with zero attached hydrogens (tertiary/aromatic N) is 5. The lowest BCUT2D eigenvalue weighted by Crippen LogP contribution is -2.40. The third kappa shape index (κ3) is 7.01. The summed E-state index contributed by atoms with van der Waals surface area (Å²) in [5.41, 5.74) is 4.74. The van der Waals surface area contributed by atoms with Crippen LogP contribution in [0.4, 0.5) is 5.69 Å². The zero-order valence-electron chi connectivity index (χ0n) is 27.5. The Labute approximate surface area is 290 Å². The summed E-state index contributed by atoms with van der Waals surface area (Å²) in [5, 5.41) is 12.6. The molecule has 0 bridgehead atoms. The van der Waals surface area contributed by atoms with Crippen molar-refractivity contribution in [2.24, 2.45) is 4.99 Å². The maximum Gasteiger partial charge on any atom is 0.338 e. The van der Waals surface area contributed by atoms with Crippen LogP contribution < -0.4 is 14.9 Å². The van der Waals surface area contributed by atoms with Crippen LogP contribution >= 0.6 is 23.1 Å². The predicted octanol–water partition coefficient (Wildman–Crippen LogP) is 6.53. The van der Waals surface area contributed by atoms with E-state index in [1.807, 2.05) is 74.5 Å². The van der Waals surface area contributed by atoms with Crippen LogP contribution in [0.3, 0.4) is 0 Å². The number of benzene rings is 3. The monoisotopic (exact) mass is 691 g/mol. The van der Waals surface area contributed by atoms with Crippen LogP contribution in [0.15, 0.2) is 104 Å². The number of aromatic nitrogens is 3. The van der Waals surface area contributed by atoms with Gasteiger partial charge in [-0.25, -0.2) is 19.8 Å². The number of nitro groups is 1. The van der Waals surface area contributed by atoms with Crippen LogP contribution in [-0.4, -0.2) is 32.0 Å². The van der Waals surface area contributed by atoms with Gasteiger partial charge in [0.15, 0.2) is 9.96 Å². The van der Waals surface area contributed by atoms with Crippen molar-refractivity contribution in [2.45, 2.75) is 56.6 Å². The minimum Gasteiger partial charge on any atom is -0.463 e. The van der Waals surface area contributed by atoms with E-state index in [0.717, 1.165) is 45.6 Å². The first-order valence-corrected chi connectivity index (χ1v) is 17.3. The van der Waals surface area contributed by atoms with E-state index in [4.69, 9.17) is 9.73 Å². The van der Waals surface area contributed by atoms with Gasteiger partial charge in [-0.3, -0.25) is 19.5 Å². The van der Waals surface area contributed by atoms with Crippen molar-refractivity contribution in [1.82, 2.24) is 14.5 Å². The first-order chi connectivity index (χ1) is 23.5. The van der Waals surface area contributed by atoms with Crippen molar-refractivity contribution in [3.63, 3.8) is 0 Å². The van der Waals surface area contributed by atoms with Gasteiger partial charge in [-0.05, 0) is 73.4 Å². The van der Waals surface area contributed by atoms with Crippen LogP contribution in [0, 0.1) is 24.0 Å². The number of aryl methyl sites for hydroxylation is 2. The van der Waals surface area contributed by atoms with Crippen LogP contribution in [0.5, 0.6) is 0 Å². The molecule has 1 atom stereocenters. The molecule has 49 heavy (non-hydrogen) atoms. The number of thiazole rings is 1. The molecule has 0 saturated heterocycles. The fourth-order valence-corrected chi connectivity index (χ4v) is 7.61. The topological polar surface area (TPSA) is 130 Å². The molecule has 6 rings (SSSR count). The van der Waals surface area contributed by atoms with Crippen LogP contribution in [-0.2, 0) is 9.53 Å². The van der Waals surface area contributed by atoms with E-state index in [0.29, 0.717) is 42.1 Å². The van der Waals surface area contributed by atoms with Gasteiger partial charge in [-0.15, -0.1) is 0 Å². The minimum atomic E-state index is -0.820. The Morgan fingerprint density at radius 1 is 1.04 bits per heavy atom. The van der Waals surface area contributed by atoms with Gasteiger partial charge in [0.2, 0.25) is 0 Å². The molecule has 10 nitrogen and oxygen atoms in total. The summed E-state index contributed by atoms with van der Waals surface area (Å²) in [6.07, 6.45) is 1.62. The molecule has 2 aromatic heterocycles. The van der Waals surface area contributed by atoms with E-state index in [2.05, 4.69) is 23.8 Å². The summed E-state index contributed by atoms with van der Waals surface area (Å²) in [6.45, 7) is 9.77. The van der Waals surface area contributed by atoms with E-state index >= 15 is 0 Å². The fraction of sp³-hybridized carbons (Fsp3) is 0.216. The van der Waals surface area contributed by atoms with E-state index < -0.39 is 16.9 Å². The molecule has 12 heteroatoms. The minimum absolute atomic E-state index is 0.131. The van der Waals surface area contributed by atoms with E-state index in [1.54, 1.807) is 25.1 Å². The quantitative estimate of drug-likeness (QED) is 0.0739. The molecule has 0 unspecified atom stereocenters. The molecule has 0 N–H and O–H groups in total. The summed E-state index contributed by atoms with van der Waals surface area (Å²) in [4.78, 5) is 54.2. The predicted molar refractivity (Wildman–Crippen MR) is 190 cm³/mol. The fourth-order valence-electron chi connectivity index (χ4n) is 5.66. The Kier molecular flexibility index (Phi) is 9.70. The Hall–Kier alpha value is -5.20. The molecule has 3 aromatic carbocycles. The Bertz CT molecular complexity index is 2270. The molecule has 248 valence electrons. The second-order valence-electron chi connectivity index (χ2n) is 11.8. The zero-order chi connectivity index (χ0) is 34.8. The van der Waals surface area contributed by atoms with Crippen molar-refractivity contribution in [3.05, 3.63) is 148 Å². The van der Waals surface area contributed by atoms with Gasteiger partial charge in [0.1, 0.15) is 0 Å². The molecule has 1 aliphatic rings. The van der Waals surface area contributed by atoms with Crippen molar-refractivity contribution in [1.29, 1.82) is 0 Å². The highest BCUT2D eigenvalue weighted by molar-refractivity contribution is 7.99. The average Bonchev–Trinajstić information content (AvgIpc) is 3.38. The van der Waals surface area contributed by atoms with E-state index in [9.17, 15) is 19.7 Å². The van der Waals surface area contributed by atoms with E-state index in [1.165, 1.54) is 10.6 Å². The smallest absolute Gasteiger partial charge is 0.338 e. The number of hydrogen-bond donors (Lipinski definition) is 0. The first-order valence-electron chi connectivity index (χ1n) is 15.7. The average molecular weight is 692 g/mol. The number of carbonyl (C=O) groups excluding carboxylic acids is 1. The highest BCUT2D eigenvalue weighted by atomic mass is 32.2. The van der Waals surface area contributed by atoms with Crippen molar-refractivity contribution in [2.75, 3.05) is 6.61 Å². The highest BCUT2D eigenvalue weighted by Crippen LogP contribution is 2.36. The first kappa shape index (κ1) is 33.7. The van der Waals surface area contributed by atoms with E-state index in [-0.39, 0.29) is 23.4 Å². The summed E-state index contributed by atoms with van der Waals surface area (Å²) in [6, 6.07) is 23.0. The molecule has 0 spiro atoms. The Balaban J connectivity index is 1.53. The largest absolute Gasteiger partial charge is 0.463 e.